The van der Waals surface area contributed by atoms with Gasteiger partial charge in [0.05, 0.1) is 13.5 Å². The highest BCUT2D eigenvalue weighted by atomic mass is 16.5. The van der Waals surface area contributed by atoms with Crippen molar-refractivity contribution in [1.82, 2.24) is 4.90 Å². The molecule has 1 unspecified atom stereocenters. The van der Waals surface area contributed by atoms with E-state index in [0.29, 0.717) is 12.5 Å². The van der Waals surface area contributed by atoms with Gasteiger partial charge in [-0.25, -0.2) is 0 Å². The summed E-state index contributed by atoms with van der Waals surface area (Å²) in [6.45, 7) is 9.84. The number of methoxy groups -OCH3 is 1. The Kier molecular flexibility index (Phi) is 9.30. The zero-order valence-electron chi connectivity index (χ0n) is 18.4. The van der Waals surface area contributed by atoms with Crippen LogP contribution in [0.4, 0.5) is 5.69 Å². The molecule has 4 heteroatoms. The summed E-state index contributed by atoms with van der Waals surface area (Å²) in [4.78, 5) is 14.5. The second-order valence-corrected chi connectivity index (χ2v) is 8.70. The van der Waals surface area contributed by atoms with Gasteiger partial charge in [0.1, 0.15) is 0 Å². The van der Waals surface area contributed by atoms with Crippen LogP contribution < -0.4 is 5.32 Å². The van der Waals surface area contributed by atoms with Crippen LogP contribution in [0.2, 0.25) is 0 Å². The molecule has 28 heavy (non-hydrogen) atoms. The summed E-state index contributed by atoms with van der Waals surface area (Å²) in [5.41, 5.74) is 2.64. The Morgan fingerprint density at radius 3 is 2.46 bits per heavy atom. The van der Waals surface area contributed by atoms with Crippen molar-refractivity contribution in [3.05, 3.63) is 29.8 Å². The van der Waals surface area contributed by atoms with Crippen molar-refractivity contribution in [2.45, 2.75) is 78.2 Å². The van der Waals surface area contributed by atoms with Crippen LogP contribution in [0.3, 0.4) is 0 Å². The lowest BCUT2D eigenvalue weighted by atomic mass is 9.69. The summed E-state index contributed by atoms with van der Waals surface area (Å²) in [6, 6.07) is 9.05. The highest BCUT2D eigenvalue weighted by Gasteiger charge is 2.34. The van der Waals surface area contributed by atoms with Gasteiger partial charge in [0, 0.05) is 18.3 Å². The first-order valence-electron chi connectivity index (χ1n) is 11.1. The molecule has 158 valence electrons. The lowest BCUT2D eigenvalue weighted by molar-refractivity contribution is -0.144. The third kappa shape index (κ3) is 7.46. The largest absolute Gasteiger partial charge is 0.469 e. The average molecular weight is 389 g/mol. The molecule has 0 saturated heterocycles. The van der Waals surface area contributed by atoms with Crippen LogP contribution in [0, 0.1) is 12.3 Å². The van der Waals surface area contributed by atoms with Gasteiger partial charge in [-0.1, -0.05) is 43.9 Å². The second kappa shape index (κ2) is 11.5. The number of carbonyl (C=O) groups is 1. The molecule has 1 aromatic rings. The van der Waals surface area contributed by atoms with Crippen LogP contribution in [-0.4, -0.2) is 43.7 Å². The van der Waals surface area contributed by atoms with Gasteiger partial charge in [-0.05, 0) is 70.2 Å². The SMILES string of the molecule is CCN(CCC(C)Nc1ccc(C)cc1)CCC1(CC(=O)OC)CCCCC1. The molecule has 0 bridgehead atoms. The summed E-state index contributed by atoms with van der Waals surface area (Å²) >= 11 is 0. The van der Waals surface area contributed by atoms with Gasteiger partial charge in [0.2, 0.25) is 0 Å². The van der Waals surface area contributed by atoms with Crippen LogP contribution in [0.15, 0.2) is 24.3 Å². The molecule has 1 atom stereocenters. The van der Waals surface area contributed by atoms with E-state index >= 15 is 0 Å². The van der Waals surface area contributed by atoms with Crippen molar-refractivity contribution in [3.63, 3.8) is 0 Å². The smallest absolute Gasteiger partial charge is 0.306 e. The fourth-order valence-corrected chi connectivity index (χ4v) is 4.40. The van der Waals surface area contributed by atoms with E-state index in [1.54, 1.807) is 0 Å². The minimum absolute atomic E-state index is 0.0409. The van der Waals surface area contributed by atoms with Crippen molar-refractivity contribution < 1.29 is 9.53 Å². The fraction of sp³-hybridized carbons (Fsp3) is 0.708. The molecule has 1 aliphatic carbocycles. The minimum Gasteiger partial charge on any atom is -0.469 e. The molecular weight excluding hydrogens is 348 g/mol. The number of benzene rings is 1. The highest BCUT2D eigenvalue weighted by Crippen LogP contribution is 2.42. The van der Waals surface area contributed by atoms with E-state index < -0.39 is 0 Å². The number of hydrogen-bond donors (Lipinski definition) is 1. The number of nitrogens with zero attached hydrogens (tertiary/aromatic N) is 1. The molecule has 0 heterocycles. The van der Waals surface area contributed by atoms with Crippen LogP contribution >= 0.6 is 0 Å². The Balaban J connectivity index is 1.81. The topological polar surface area (TPSA) is 41.6 Å². The van der Waals surface area contributed by atoms with Gasteiger partial charge < -0.3 is 15.0 Å². The van der Waals surface area contributed by atoms with Gasteiger partial charge >= 0.3 is 5.97 Å². The molecular formula is C24H40N2O2. The Hall–Kier alpha value is -1.55. The van der Waals surface area contributed by atoms with E-state index in [-0.39, 0.29) is 11.4 Å². The van der Waals surface area contributed by atoms with E-state index in [9.17, 15) is 4.79 Å². The summed E-state index contributed by atoms with van der Waals surface area (Å²) in [6.07, 6.45) is 8.97. The second-order valence-electron chi connectivity index (χ2n) is 8.70. The number of esters is 1. The molecule has 1 aliphatic rings. The number of anilines is 1. The molecule has 1 fully saturated rings. The Morgan fingerprint density at radius 2 is 1.86 bits per heavy atom. The zero-order valence-corrected chi connectivity index (χ0v) is 18.4. The van der Waals surface area contributed by atoms with Gasteiger partial charge in [0.15, 0.2) is 0 Å². The molecule has 1 saturated carbocycles. The van der Waals surface area contributed by atoms with Crippen LogP contribution in [-0.2, 0) is 9.53 Å². The first kappa shape index (κ1) is 22.7. The number of hydrogen-bond acceptors (Lipinski definition) is 4. The standard InChI is InChI=1S/C24H40N2O2/c1-5-26(17-13-21(3)25-22-11-9-20(2)10-12-22)18-16-24(19-23(27)28-4)14-7-6-8-15-24/h9-12,21,25H,5-8,13-19H2,1-4H3. The van der Waals surface area contributed by atoms with Gasteiger partial charge in [-0.2, -0.15) is 0 Å². The molecule has 0 spiro atoms. The van der Waals surface area contributed by atoms with Crippen molar-refractivity contribution in [1.29, 1.82) is 0 Å². The number of carbonyl (C=O) groups excluding carboxylic acids is 1. The van der Waals surface area contributed by atoms with Crippen LogP contribution in [0.25, 0.3) is 0 Å². The molecule has 1 aromatic carbocycles. The maximum absolute atomic E-state index is 12.0. The average Bonchev–Trinajstić information content (AvgIpc) is 2.70. The lowest BCUT2D eigenvalue weighted by Crippen LogP contribution is -2.35. The molecule has 0 aromatic heterocycles. The van der Waals surface area contributed by atoms with Crippen molar-refractivity contribution >= 4 is 11.7 Å². The number of rotatable bonds is 11. The van der Waals surface area contributed by atoms with E-state index in [0.717, 1.165) is 32.5 Å². The van der Waals surface area contributed by atoms with Gasteiger partial charge in [0.25, 0.3) is 0 Å². The third-order valence-electron chi connectivity index (χ3n) is 6.41. The minimum atomic E-state index is -0.0409. The molecule has 4 nitrogen and oxygen atoms in total. The fourth-order valence-electron chi connectivity index (χ4n) is 4.40. The zero-order chi connectivity index (χ0) is 20.4. The Labute approximate surface area is 172 Å². The Bertz CT molecular complexity index is 579. The molecule has 1 N–H and O–H groups in total. The molecule has 0 aliphatic heterocycles. The van der Waals surface area contributed by atoms with Gasteiger partial charge in [-0.3, -0.25) is 4.79 Å². The number of aryl methyl sites for hydroxylation is 1. The van der Waals surface area contributed by atoms with Crippen LogP contribution in [0.1, 0.15) is 70.8 Å². The van der Waals surface area contributed by atoms with Crippen LogP contribution in [0.5, 0.6) is 0 Å². The first-order valence-corrected chi connectivity index (χ1v) is 11.1. The molecule has 0 radical (unpaired) electrons. The maximum atomic E-state index is 12.0. The van der Waals surface area contributed by atoms with E-state index in [1.807, 2.05) is 0 Å². The van der Waals surface area contributed by atoms with Crippen molar-refractivity contribution in [2.75, 3.05) is 32.1 Å². The first-order chi connectivity index (χ1) is 13.5. The lowest BCUT2D eigenvalue weighted by Gasteiger charge is -2.38. The molecule has 2 rings (SSSR count). The summed E-state index contributed by atoms with van der Waals surface area (Å²) in [5, 5.41) is 3.61. The molecule has 0 amide bonds. The van der Waals surface area contributed by atoms with Crippen molar-refractivity contribution in [3.8, 4) is 0 Å². The summed E-state index contributed by atoms with van der Waals surface area (Å²) in [7, 11) is 1.51. The number of nitrogens with one attached hydrogen (secondary N) is 1. The predicted octanol–water partition coefficient (Wildman–Crippen LogP) is 5.41. The van der Waals surface area contributed by atoms with E-state index in [2.05, 4.69) is 55.3 Å². The maximum Gasteiger partial charge on any atom is 0.306 e. The summed E-state index contributed by atoms with van der Waals surface area (Å²) < 4.78 is 4.99. The van der Waals surface area contributed by atoms with Gasteiger partial charge in [-0.15, -0.1) is 0 Å². The number of ether oxygens (including phenoxy) is 1. The normalized spacial score (nSPS) is 17.3. The van der Waals surface area contributed by atoms with E-state index in [1.165, 1.54) is 50.5 Å². The summed E-state index contributed by atoms with van der Waals surface area (Å²) in [5.74, 6) is -0.0409. The predicted molar refractivity (Wildman–Crippen MR) is 118 cm³/mol. The van der Waals surface area contributed by atoms with E-state index in [4.69, 9.17) is 4.74 Å². The highest BCUT2D eigenvalue weighted by molar-refractivity contribution is 5.70. The quantitative estimate of drug-likeness (QED) is 0.515. The Morgan fingerprint density at radius 1 is 1.18 bits per heavy atom. The monoisotopic (exact) mass is 388 g/mol. The van der Waals surface area contributed by atoms with Crippen molar-refractivity contribution in [2.24, 2.45) is 5.41 Å². The third-order valence-corrected chi connectivity index (χ3v) is 6.41.